The van der Waals surface area contributed by atoms with Crippen molar-refractivity contribution in [3.05, 3.63) is 42.2 Å². The summed E-state index contributed by atoms with van der Waals surface area (Å²) in [5, 5.41) is 0. The number of nitrogen functional groups attached to an aromatic ring is 1. The third kappa shape index (κ3) is 3.29. The van der Waals surface area contributed by atoms with Crippen LogP contribution in [0.25, 0.3) is 11.3 Å². The highest BCUT2D eigenvalue weighted by molar-refractivity contribution is 5.61. The molecule has 0 amide bonds. The van der Waals surface area contributed by atoms with Crippen LogP contribution in [0.15, 0.2) is 36.4 Å². The first-order valence-corrected chi connectivity index (χ1v) is 6.56. The molecule has 2 rings (SSSR count). The van der Waals surface area contributed by atoms with Gasteiger partial charge in [-0.1, -0.05) is 37.3 Å². The van der Waals surface area contributed by atoms with Gasteiger partial charge in [-0.2, -0.15) is 0 Å². The third-order valence-electron chi connectivity index (χ3n) is 2.86. The molecule has 0 aliphatic rings. The lowest BCUT2D eigenvalue weighted by Gasteiger charge is -2.15. The molecular weight excluding hydrogens is 238 g/mol. The fourth-order valence-corrected chi connectivity index (χ4v) is 1.96. The molecule has 0 bridgehead atoms. The predicted molar refractivity (Wildman–Crippen MR) is 76.5 cm³/mol. The number of hydrogen-bond donors (Lipinski definition) is 1. The molecule has 0 radical (unpaired) electrons. The van der Waals surface area contributed by atoms with Gasteiger partial charge in [0.2, 0.25) is 0 Å². The van der Waals surface area contributed by atoms with Crippen molar-refractivity contribution in [1.82, 2.24) is 9.97 Å². The molecule has 0 spiro atoms. The Bertz CT molecular complexity index is 528. The highest BCUT2D eigenvalue weighted by Gasteiger charge is 2.14. The van der Waals surface area contributed by atoms with Crippen molar-refractivity contribution < 1.29 is 4.74 Å². The Morgan fingerprint density at radius 1 is 1.16 bits per heavy atom. The molecule has 1 unspecified atom stereocenters. The highest BCUT2D eigenvalue weighted by atomic mass is 16.5. The van der Waals surface area contributed by atoms with Crippen molar-refractivity contribution in [2.75, 3.05) is 12.3 Å². The van der Waals surface area contributed by atoms with Crippen molar-refractivity contribution >= 4 is 5.82 Å². The molecule has 0 aliphatic carbocycles. The summed E-state index contributed by atoms with van der Waals surface area (Å²) in [6.45, 7) is 4.65. The molecule has 2 N–H and O–H groups in total. The summed E-state index contributed by atoms with van der Waals surface area (Å²) in [7, 11) is 0. The van der Waals surface area contributed by atoms with Gasteiger partial charge in [0.1, 0.15) is 11.9 Å². The van der Waals surface area contributed by atoms with E-state index in [9.17, 15) is 0 Å². The lowest BCUT2D eigenvalue weighted by Crippen LogP contribution is -2.10. The van der Waals surface area contributed by atoms with Crippen LogP contribution in [0.2, 0.25) is 0 Å². The Balaban J connectivity index is 2.39. The van der Waals surface area contributed by atoms with Crippen LogP contribution < -0.4 is 5.73 Å². The van der Waals surface area contributed by atoms with Crippen LogP contribution in [-0.4, -0.2) is 16.6 Å². The lowest BCUT2D eigenvalue weighted by atomic mass is 10.1. The molecule has 1 aromatic carbocycles. The molecule has 4 heteroatoms. The van der Waals surface area contributed by atoms with Crippen LogP contribution in [0.1, 0.15) is 32.2 Å². The van der Waals surface area contributed by atoms with E-state index in [1.54, 1.807) is 6.07 Å². The van der Waals surface area contributed by atoms with Gasteiger partial charge in [0.15, 0.2) is 5.82 Å². The van der Waals surface area contributed by atoms with Gasteiger partial charge in [-0.15, -0.1) is 0 Å². The molecule has 2 aromatic rings. The zero-order valence-electron chi connectivity index (χ0n) is 11.3. The fourth-order valence-electron chi connectivity index (χ4n) is 1.96. The van der Waals surface area contributed by atoms with Gasteiger partial charge < -0.3 is 10.5 Å². The second-order valence-corrected chi connectivity index (χ2v) is 4.25. The maximum absolute atomic E-state index is 5.88. The van der Waals surface area contributed by atoms with Crippen molar-refractivity contribution in [2.24, 2.45) is 0 Å². The number of hydrogen-bond acceptors (Lipinski definition) is 4. The van der Waals surface area contributed by atoms with Crippen LogP contribution in [0.5, 0.6) is 0 Å². The number of anilines is 1. The largest absolute Gasteiger partial charge is 0.384 e. The zero-order valence-corrected chi connectivity index (χ0v) is 11.3. The molecular formula is C15H19N3O. The Kier molecular flexibility index (Phi) is 4.47. The number of nitrogens with zero attached hydrogens (tertiary/aromatic N) is 2. The first-order chi connectivity index (χ1) is 9.24. The number of nitrogens with two attached hydrogens (primary N) is 1. The average molecular weight is 257 g/mol. The summed E-state index contributed by atoms with van der Waals surface area (Å²) < 4.78 is 5.64. The molecule has 19 heavy (non-hydrogen) atoms. The SMILES string of the molecule is CCOC(CC)c1nc(N)cc(-c2ccccc2)n1. The minimum Gasteiger partial charge on any atom is -0.384 e. The number of aromatic nitrogens is 2. The van der Waals surface area contributed by atoms with Gasteiger partial charge in [-0.25, -0.2) is 9.97 Å². The molecule has 1 atom stereocenters. The van der Waals surface area contributed by atoms with E-state index in [4.69, 9.17) is 10.5 Å². The van der Waals surface area contributed by atoms with Crippen LogP contribution in [0.3, 0.4) is 0 Å². The summed E-state index contributed by atoms with van der Waals surface area (Å²) in [5.41, 5.74) is 7.74. The Morgan fingerprint density at radius 2 is 1.89 bits per heavy atom. The first-order valence-electron chi connectivity index (χ1n) is 6.56. The van der Waals surface area contributed by atoms with Crippen molar-refractivity contribution in [1.29, 1.82) is 0 Å². The zero-order chi connectivity index (χ0) is 13.7. The topological polar surface area (TPSA) is 61.0 Å². The van der Waals surface area contributed by atoms with Crippen molar-refractivity contribution in [3.8, 4) is 11.3 Å². The van der Waals surface area contributed by atoms with Gasteiger partial charge in [0, 0.05) is 18.2 Å². The van der Waals surface area contributed by atoms with Crippen LogP contribution in [-0.2, 0) is 4.74 Å². The minimum absolute atomic E-state index is 0.101. The Labute approximate surface area is 113 Å². The van der Waals surface area contributed by atoms with Gasteiger partial charge in [-0.3, -0.25) is 0 Å². The maximum atomic E-state index is 5.88. The summed E-state index contributed by atoms with van der Waals surface area (Å²) in [6, 6.07) is 11.7. The van der Waals surface area contributed by atoms with Crippen LogP contribution in [0, 0.1) is 0 Å². The van der Waals surface area contributed by atoms with Gasteiger partial charge in [0.05, 0.1) is 5.69 Å². The second kappa shape index (κ2) is 6.29. The standard InChI is InChI=1S/C15H19N3O/c1-3-13(19-4-2)15-17-12(10-14(16)18-15)11-8-6-5-7-9-11/h5-10,13H,3-4H2,1-2H3,(H2,16,17,18). The summed E-state index contributed by atoms with van der Waals surface area (Å²) in [4.78, 5) is 8.87. The summed E-state index contributed by atoms with van der Waals surface area (Å²) in [5.74, 6) is 1.13. The van der Waals surface area contributed by atoms with Crippen molar-refractivity contribution in [3.63, 3.8) is 0 Å². The van der Waals surface area contributed by atoms with E-state index in [0.29, 0.717) is 18.2 Å². The summed E-state index contributed by atoms with van der Waals surface area (Å²) >= 11 is 0. The maximum Gasteiger partial charge on any atom is 0.160 e. The molecule has 100 valence electrons. The second-order valence-electron chi connectivity index (χ2n) is 4.25. The average Bonchev–Trinajstić information content (AvgIpc) is 2.45. The normalized spacial score (nSPS) is 12.3. The lowest BCUT2D eigenvalue weighted by molar-refractivity contribution is 0.0537. The van der Waals surface area contributed by atoms with Gasteiger partial charge in [-0.05, 0) is 13.3 Å². The van der Waals surface area contributed by atoms with E-state index < -0.39 is 0 Å². The molecule has 1 heterocycles. The first kappa shape index (κ1) is 13.5. The molecule has 0 saturated heterocycles. The van der Waals surface area contributed by atoms with Crippen LogP contribution >= 0.6 is 0 Å². The van der Waals surface area contributed by atoms with E-state index in [2.05, 4.69) is 16.9 Å². The van der Waals surface area contributed by atoms with Gasteiger partial charge >= 0.3 is 0 Å². The predicted octanol–water partition coefficient (Wildman–Crippen LogP) is 3.21. The number of ether oxygens (including phenoxy) is 1. The van der Waals surface area contributed by atoms with E-state index in [1.165, 1.54) is 0 Å². The smallest absolute Gasteiger partial charge is 0.160 e. The number of rotatable bonds is 5. The molecule has 1 aromatic heterocycles. The molecule has 0 fully saturated rings. The van der Waals surface area contributed by atoms with E-state index in [-0.39, 0.29) is 6.10 Å². The molecule has 4 nitrogen and oxygen atoms in total. The number of benzene rings is 1. The van der Waals surface area contributed by atoms with E-state index in [1.807, 2.05) is 37.3 Å². The monoisotopic (exact) mass is 257 g/mol. The highest BCUT2D eigenvalue weighted by Crippen LogP contribution is 2.23. The minimum atomic E-state index is -0.101. The fraction of sp³-hybridized carbons (Fsp3) is 0.333. The molecule has 0 aliphatic heterocycles. The third-order valence-corrected chi connectivity index (χ3v) is 2.86. The Hall–Kier alpha value is -1.94. The molecule has 0 saturated carbocycles. The van der Waals surface area contributed by atoms with E-state index in [0.717, 1.165) is 17.7 Å². The summed E-state index contributed by atoms with van der Waals surface area (Å²) in [6.07, 6.45) is 0.724. The Morgan fingerprint density at radius 3 is 2.53 bits per heavy atom. The van der Waals surface area contributed by atoms with Crippen LogP contribution in [0.4, 0.5) is 5.82 Å². The quantitative estimate of drug-likeness (QED) is 0.893. The van der Waals surface area contributed by atoms with Gasteiger partial charge in [0.25, 0.3) is 0 Å². The van der Waals surface area contributed by atoms with Crippen molar-refractivity contribution in [2.45, 2.75) is 26.4 Å². The van der Waals surface area contributed by atoms with E-state index >= 15 is 0 Å².